The first kappa shape index (κ1) is 21.4. The second-order valence-electron chi connectivity index (χ2n) is 6.32. The molecule has 1 aromatic carbocycles. The molecule has 2 heterocycles. The van der Waals surface area contributed by atoms with Gasteiger partial charge in [0.25, 0.3) is 0 Å². The number of benzene rings is 1. The van der Waals surface area contributed by atoms with E-state index in [1.807, 2.05) is 6.08 Å². The summed E-state index contributed by atoms with van der Waals surface area (Å²) in [4.78, 5) is 19.1. The third kappa shape index (κ3) is 4.99. The number of hydrogen-bond donors (Lipinski definition) is 2. The predicted molar refractivity (Wildman–Crippen MR) is 109 cm³/mol. The lowest BCUT2D eigenvalue weighted by Crippen LogP contribution is -2.13. The minimum atomic E-state index is -0.993. The fraction of sp³-hybridized carbons (Fsp3) is 0.368. The first-order chi connectivity index (χ1) is 14.5. The van der Waals surface area contributed by atoms with Crippen LogP contribution in [0.2, 0.25) is 0 Å². The highest BCUT2D eigenvalue weighted by molar-refractivity contribution is 5.75. The van der Waals surface area contributed by atoms with E-state index < -0.39 is 16.4 Å². The van der Waals surface area contributed by atoms with E-state index in [1.165, 1.54) is 7.11 Å². The van der Waals surface area contributed by atoms with Gasteiger partial charge in [0.2, 0.25) is 11.8 Å². The van der Waals surface area contributed by atoms with Crippen LogP contribution in [0.4, 0.5) is 27.5 Å². The van der Waals surface area contributed by atoms with Crippen molar-refractivity contribution in [2.45, 2.75) is 6.42 Å². The summed E-state index contributed by atoms with van der Waals surface area (Å²) in [5.41, 5.74) is 1.38. The van der Waals surface area contributed by atoms with Crippen LogP contribution in [0.3, 0.4) is 0 Å². The number of halogens is 1. The standard InChI is InChI=1S/C19H22FN5O5/c1-28-8-5-21-18-13(12-3-6-30-7-4-12)11-22-19(24-18)23-15-10-16(25(26)27)14(20)9-17(15)29-2/h3,9-11H,4-8H2,1-2H3,(H2,21,22,23,24). The number of aromatic nitrogens is 2. The lowest BCUT2D eigenvalue weighted by atomic mass is 10.0. The van der Waals surface area contributed by atoms with Crippen LogP contribution >= 0.6 is 0 Å². The van der Waals surface area contributed by atoms with Gasteiger partial charge in [0.05, 0.1) is 37.5 Å². The van der Waals surface area contributed by atoms with Gasteiger partial charge in [0.15, 0.2) is 0 Å². The second-order valence-corrected chi connectivity index (χ2v) is 6.32. The van der Waals surface area contributed by atoms with Gasteiger partial charge in [-0.25, -0.2) is 4.98 Å². The zero-order chi connectivity index (χ0) is 21.5. The quantitative estimate of drug-likeness (QED) is 0.359. The van der Waals surface area contributed by atoms with Gasteiger partial charge in [-0.15, -0.1) is 0 Å². The summed E-state index contributed by atoms with van der Waals surface area (Å²) in [7, 11) is 2.94. The Morgan fingerprint density at radius 1 is 1.37 bits per heavy atom. The van der Waals surface area contributed by atoms with Crippen LogP contribution in [-0.2, 0) is 9.47 Å². The molecule has 0 aliphatic carbocycles. The molecule has 0 bridgehead atoms. The Balaban J connectivity index is 1.94. The molecule has 0 spiro atoms. The van der Waals surface area contributed by atoms with Gasteiger partial charge in [-0.2, -0.15) is 9.37 Å². The van der Waals surface area contributed by atoms with Crippen molar-refractivity contribution in [3.8, 4) is 5.75 Å². The molecule has 0 saturated heterocycles. The topological polar surface area (TPSA) is 121 Å². The number of methoxy groups -OCH3 is 2. The minimum absolute atomic E-state index is 0.0896. The van der Waals surface area contributed by atoms with E-state index in [1.54, 1.807) is 13.3 Å². The number of ether oxygens (including phenoxy) is 3. The molecule has 160 valence electrons. The number of hydrogen-bond acceptors (Lipinski definition) is 9. The van der Waals surface area contributed by atoms with Crippen LogP contribution in [0.15, 0.2) is 24.4 Å². The normalized spacial score (nSPS) is 13.5. The summed E-state index contributed by atoms with van der Waals surface area (Å²) in [6.45, 7) is 2.13. The second kappa shape index (κ2) is 9.94. The van der Waals surface area contributed by atoms with Crippen molar-refractivity contribution in [3.63, 3.8) is 0 Å². The Kier molecular flexibility index (Phi) is 7.09. The molecular weight excluding hydrogens is 397 g/mol. The van der Waals surface area contributed by atoms with Crippen molar-refractivity contribution in [1.29, 1.82) is 0 Å². The maximum Gasteiger partial charge on any atom is 0.307 e. The van der Waals surface area contributed by atoms with E-state index in [-0.39, 0.29) is 17.4 Å². The van der Waals surface area contributed by atoms with Crippen molar-refractivity contribution < 1.29 is 23.5 Å². The highest BCUT2D eigenvalue weighted by Gasteiger charge is 2.20. The van der Waals surface area contributed by atoms with Crippen molar-refractivity contribution in [2.24, 2.45) is 0 Å². The highest BCUT2D eigenvalue weighted by Crippen LogP contribution is 2.34. The van der Waals surface area contributed by atoms with E-state index in [9.17, 15) is 14.5 Å². The molecule has 1 aliphatic rings. The number of nitro groups is 1. The molecule has 0 amide bonds. The molecule has 3 rings (SSSR count). The largest absolute Gasteiger partial charge is 0.494 e. The Hall–Kier alpha value is -3.31. The van der Waals surface area contributed by atoms with E-state index in [0.717, 1.165) is 29.7 Å². The van der Waals surface area contributed by atoms with Gasteiger partial charge in [-0.05, 0) is 12.0 Å². The lowest BCUT2D eigenvalue weighted by Gasteiger charge is -2.18. The van der Waals surface area contributed by atoms with Crippen LogP contribution in [0, 0.1) is 15.9 Å². The van der Waals surface area contributed by atoms with E-state index >= 15 is 0 Å². The van der Waals surface area contributed by atoms with Gasteiger partial charge in [0, 0.05) is 37.5 Å². The predicted octanol–water partition coefficient (Wildman–Crippen LogP) is 3.14. The molecule has 1 aliphatic heterocycles. The van der Waals surface area contributed by atoms with Crippen LogP contribution in [0.5, 0.6) is 5.75 Å². The molecule has 30 heavy (non-hydrogen) atoms. The monoisotopic (exact) mass is 419 g/mol. The maximum absolute atomic E-state index is 13.9. The fourth-order valence-corrected chi connectivity index (χ4v) is 2.93. The molecular formula is C19H22FN5O5. The van der Waals surface area contributed by atoms with Gasteiger partial charge < -0.3 is 24.8 Å². The summed E-state index contributed by atoms with van der Waals surface area (Å²) in [6, 6.07) is 1.99. The molecule has 0 atom stereocenters. The number of nitrogens with one attached hydrogen (secondary N) is 2. The zero-order valence-electron chi connectivity index (χ0n) is 16.6. The van der Waals surface area contributed by atoms with Gasteiger partial charge in [0.1, 0.15) is 11.6 Å². The SMILES string of the molecule is COCCNc1nc(Nc2cc([N+](=O)[O-])c(F)cc2OC)ncc1C1=CCOCC1. The molecule has 1 aromatic heterocycles. The maximum atomic E-state index is 13.9. The molecule has 11 heteroatoms. The van der Waals surface area contributed by atoms with Gasteiger partial charge in [-0.1, -0.05) is 6.08 Å². The molecule has 0 fully saturated rings. The van der Waals surface area contributed by atoms with Crippen LogP contribution in [0.1, 0.15) is 12.0 Å². The number of nitro benzene ring substituents is 1. The van der Waals surface area contributed by atoms with Crippen molar-refractivity contribution in [3.05, 3.63) is 45.9 Å². The third-order valence-corrected chi connectivity index (χ3v) is 4.41. The zero-order valence-corrected chi connectivity index (χ0v) is 16.6. The average molecular weight is 419 g/mol. The smallest absolute Gasteiger partial charge is 0.307 e. The van der Waals surface area contributed by atoms with E-state index in [4.69, 9.17) is 14.2 Å². The number of rotatable bonds is 9. The number of nitrogens with zero attached hydrogens (tertiary/aromatic N) is 3. The van der Waals surface area contributed by atoms with Crippen molar-refractivity contribution >= 4 is 28.7 Å². The minimum Gasteiger partial charge on any atom is -0.494 e. The van der Waals surface area contributed by atoms with Gasteiger partial charge >= 0.3 is 5.69 Å². The van der Waals surface area contributed by atoms with Crippen molar-refractivity contribution in [1.82, 2.24) is 9.97 Å². The summed E-state index contributed by atoms with van der Waals surface area (Å²) in [5.74, 6) is -0.155. The average Bonchev–Trinajstić information content (AvgIpc) is 2.75. The Morgan fingerprint density at radius 3 is 2.87 bits per heavy atom. The Labute approximate surface area is 172 Å². The molecule has 10 nitrogen and oxygen atoms in total. The molecule has 2 N–H and O–H groups in total. The first-order valence-electron chi connectivity index (χ1n) is 9.19. The number of anilines is 3. The fourth-order valence-electron chi connectivity index (χ4n) is 2.93. The van der Waals surface area contributed by atoms with Crippen molar-refractivity contribution in [2.75, 3.05) is 51.2 Å². The lowest BCUT2D eigenvalue weighted by molar-refractivity contribution is -0.387. The first-order valence-corrected chi connectivity index (χ1v) is 9.19. The molecule has 0 unspecified atom stereocenters. The highest BCUT2D eigenvalue weighted by atomic mass is 19.1. The van der Waals surface area contributed by atoms with Crippen LogP contribution < -0.4 is 15.4 Å². The molecule has 0 radical (unpaired) electrons. The summed E-state index contributed by atoms with van der Waals surface area (Å²) >= 11 is 0. The molecule has 2 aromatic rings. The Morgan fingerprint density at radius 2 is 2.20 bits per heavy atom. The summed E-state index contributed by atoms with van der Waals surface area (Å²) in [5, 5.41) is 17.2. The molecule has 0 saturated carbocycles. The van der Waals surface area contributed by atoms with E-state index in [0.29, 0.717) is 32.2 Å². The van der Waals surface area contributed by atoms with Crippen LogP contribution in [0.25, 0.3) is 5.57 Å². The van der Waals surface area contributed by atoms with E-state index in [2.05, 4.69) is 20.6 Å². The Bertz CT molecular complexity index is 953. The summed E-state index contributed by atoms with van der Waals surface area (Å²) < 4.78 is 29.4. The van der Waals surface area contributed by atoms with Gasteiger partial charge in [-0.3, -0.25) is 10.1 Å². The third-order valence-electron chi connectivity index (χ3n) is 4.41. The van der Waals surface area contributed by atoms with Crippen LogP contribution in [-0.4, -0.2) is 55.5 Å². The summed E-state index contributed by atoms with van der Waals surface area (Å²) in [6.07, 6.45) is 4.36.